The molecule has 2 aromatic heterocycles. The van der Waals surface area contributed by atoms with E-state index in [4.69, 9.17) is 0 Å². The Labute approximate surface area is 174 Å². The molecule has 28 heavy (non-hydrogen) atoms. The summed E-state index contributed by atoms with van der Waals surface area (Å²) in [5.74, 6) is -0.645. The third kappa shape index (κ3) is 3.53. The lowest BCUT2D eigenvalue weighted by atomic mass is 10.1. The second kappa shape index (κ2) is 7.80. The lowest BCUT2D eigenvalue weighted by Gasteiger charge is -2.24. The van der Waals surface area contributed by atoms with Crippen molar-refractivity contribution in [3.05, 3.63) is 45.7 Å². The molecule has 2 aliphatic rings. The number of rotatable bonds is 4. The van der Waals surface area contributed by atoms with E-state index in [0.717, 1.165) is 3.58 Å². The smallest absolute Gasteiger partial charge is 0.272 e. The van der Waals surface area contributed by atoms with Gasteiger partial charge in [-0.2, -0.15) is 0 Å². The highest BCUT2D eigenvalue weighted by Crippen LogP contribution is 2.33. The SMILES string of the molecule is O=C(c1[nH]c2ccncc2c1NC1CC=C(I)C=C1F)N1C[C@H](O)C[C@H]1CO. The summed E-state index contributed by atoms with van der Waals surface area (Å²) in [4.78, 5) is 21.9. The van der Waals surface area contributed by atoms with Gasteiger partial charge in [0.05, 0.1) is 36.0 Å². The number of likely N-dealkylation sites (tertiary alicyclic amines) is 1. The largest absolute Gasteiger partial charge is 0.394 e. The summed E-state index contributed by atoms with van der Waals surface area (Å²) in [5, 5.41) is 23.3. The van der Waals surface area contributed by atoms with Gasteiger partial charge in [0.15, 0.2) is 0 Å². The first-order valence-electron chi connectivity index (χ1n) is 9.02. The standard InChI is InChI=1S/C19H20FIN4O3/c20-14-5-10(21)1-2-16(14)24-17-13-7-22-4-3-15(13)23-18(17)19(28)25-8-12(27)6-11(25)9-26/h1,3-5,7,11-12,16,23-24,26-27H,2,6,8-9H2/t11-,12+,16?/m0/s1. The zero-order chi connectivity index (χ0) is 19.8. The quantitative estimate of drug-likeness (QED) is 0.486. The predicted octanol–water partition coefficient (Wildman–Crippen LogP) is 2.49. The predicted molar refractivity (Wildman–Crippen MR) is 112 cm³/mol. The molecule has 1 unspecified atom stereocenters. The number of β-amino-alcohol motifs (C(OH)–C–C–N with tert-alkyl or cyclic N) is 1. The fourth-order valence-corrected chi connectivity index (χ4v) is 4.29. The number of H-pyrrole nitrogens is 1. The van der Waals surface area contributed by atoms with Crippen molar-refractivity contribution in [1.29, 1.82) is 0 Å². The summed E-state index contributed by atoms with van der Waals surface area (Å²) < 4.78 is 15.3. The maximum absolute atomic E-state index is 14.5. The number of amides is 1. The molecular weight excluding hydrogens is 478 g/mol. The molecule has 0 saturated carbocycles. The van der Waals surface area contributed by atoms with E-state index in [-0.39, 0.29) is 30.6 Å². The maximum Gasteiger partial charge on any atom is 0.272 e. The van der Waals surface area contributed by atoms with E-state index in [0.29, 0.717) is 29.4 Å². The van der Waals surface area contributed by atoms with Crippen molar-refractivity contribution in [2.45, 2.75) is 31.0 Å². The van der Waals surface area contributed by atoms with Crippen LogP contribution in [-0.4, -0.2) is 62.3 Å². The third-order valence-corrected chi connectivity index (χ3v) is 5.91. The van der Waals surface area contributed by atoms with Crippen LogP contribution in [0, 0.1) is 0 Å². The van der Waals surface area contributed by atoms with Crippen LogP contribution in [0.1, 0.15) is 23.3 Å². The van der Waals surface area contributed by atoms with Crippen LogP contribution < -0.4 is 5.32 Å². The summed E-state index contributed by atoms with van der Waals surface area (Å²) in [5.41, 5.74) is 1.45. The number of aromatic nitrogens is 2. The molecule has 1 aliphatic heterocycles. The molecule has 0 aromatic carbocycles. The highest BCUT2D eigenvalue weighted by molar-refractivity contribution is 14.1. The molecule has 1 amide bonds. The van der Waals surface area contributed by atoms with Crippen LogP contribution in [0.15, 0.2) is 40.0 Å². The van der Waals surface area contributed by atoms with Gasteiger partial charge in [0.2, 0.25) is 0 Å². The Kier molecular flexibility index (Phi) is 5.39. The second-order valence-corrected chi connectivity index (χ2v) is 8.28. The van der Waals surface area contributed by atoms with E-state index < -0.39 is 18.2 Å². The summed E-state index contributed by atoms with van der Waals surface area (Å²) in [6.07, 6.45) is 6.74. The molecule has 0 radical (unpaired) electrons. The number of hydrogen-bond acceptors (Lipinski definition) is 5. The van der Waals surface area contributed by atoms with E-state index in [1.807, 2.05) is 6.08 Å². The third-order valence-electron chi connectivity index (χ3n) is 5.15. The molecule has 1 fully saturated rings. The maximum atomic E-state index is 14.5. The first kappa shape index (κ1) is 19.3. The molecule has 7 nitrogen and oxygen atoms in total. The Balaban J connectivity index is 1.72. The van der Waals surface area contributed by atoms with Gasteiger partial charge in [-0.3, -0.25) is 9.78 Å². The first-order chi connectivity index (χ1) is 13.5. The number of carbonyl (C=O) groups is 1. The fourth-order valence-electron chi connectivity index (χ4n) is 3.74. The van der Waals surface area contributed by atoms with E-state index in [1.54, 1.807) is 18.5 Å². The number of halogens is 2. The molecule has 0 bridgehead atoms. The Hall–Kier alpha value is -1.98. The molecular formula is C19H20FIN4O3. The molecule has 1 saturated heterocycles. The zero-order valence-corrected chi connectivity index (χ0v) is 17.1. The number of aliphatic hydroxyl groups is 2. The molecule has 148 valence electrons. The lowest BCUT2D eigenvalue weighted by molar-refractivity contribution is 0.0661. The molecule has 4 rings (SSSR count). The summed E-state index contributed by atoms with van der Waals surface area (Å²) in [6.45, 7) is -0.0771. The monoisotopic (exact) mass is 498 g/mol. The Morgan fingerprint density at radius 3 is 3.07 bits per heavy atom. The summed E-state index contributed by atoms with van der Waals surface area (Å²) >= 11 is 2.07. The highest BCUT2D eigenvalue weighted by atomic mass is 127. The van der Waals surface area contributed by atoms with Gasteiger partial charge in [-0.1, -0.05) is 6.08 Å². The summed E-state index contributed by atoms with van der Waals surface area (Å²) in [6, 6.07) is 0.716. The number of carbonyl (C=O) groups excluding carboxylic acids is 1. The number of nitrogens with zero attached hydrogens (tertiary/aromatic N) is 2. The van der Waals surface area contributed by atoms with E-state index >= 15 is 0 Å². The van der Waals surface area contributed by atoms with Crippen molar-refractivity contribution in [1.82, 2.24) is 14.9 Å². The molecule has 9 heteroatoms. The van der Waals surface area contributed by atoms with Crippen LogP contribution in [0.3, 0.4) is 0 Å². The van der Waals surface area contributed by atoms with Crippen molar-refractivity contribution in [2.75, 3.05) is 18.5 Å². The van der Waals surface area contributed by atoms with E-state index in [2.05, 4.69) is 37.9 Å². The normalized spacial score (nSPS) is 25.0. The van der Waals surface area contributed by atoms with Crippen molar-refractivity contribution in [3.8, 4) is 0 Å². The second-order valence-electron chi connectivity index (χ2n) is 7.03. The van der Waals surface area contributed by atoms with Crippen molar-refractivity contribution in [2.24, 2.45) is 0 Å². The van der Waals surface area contributed by atoms with Crippen LogP contribution in [0.4, 0.5) is 10.1 Å². The molecule has 3 heterocycles. The van der Waals surface area contributed by atoms with Gasteiger partial charge in [-0.15, -0.1) is 0 Å². The first-order valence-corrected chi connectivity index (χ1v) is 10.1. The number of hydrogen-bond donors (Lipinski definition) is 4. The number of aromatic amines is 1. The molecule has 3 atom stereocenters. The number of anilines is 1. The Morgan fingerprint density at radius 2 is 2.32 bits per heavy atom. The number of nitrogens with one attached hydrogen (secondary N) is 2. The molecule has 4 N–H and O–H groups in total. The van der Waals surface area contributed by atoms with E-state index in [9.17, 15) is 19.4 Å². The van der Waals surface area contributed by atoms with Gasteiger partial charge in [0.25, 0.3) is 5.91 Å². The highest BCUT2D eigenvalue weighted by Gasteiger charge is 2.36. The van der Waals surface area contributed by atoms with Gasteiger partial charge in [-0.05, 0) is 47.6 Å². The van der Waals surface area contributed by atoms with E-state index in [1.165, 1.54) is 11.0 Å². The minimum Gasteiger partial charge on any atom is -0.394 e. The Morgan fingerprint density at radius 1 is 1.50 bits per heavy atom. The molecule has 0 spiro atoms. The lowest BCUT2D eigenvalue weighted by Crippen LogP contribution is -2.38. The van der Waals surface area contributed by atoms with Crippen molar-refractivity contribution in [3.63, 3.8) is 0 Å². The topological polar surface area (TPSA) is 101 Å². The van der Waals surface area contributed by atoms with Crippen LogP contribution in [0.5, 0.6) is 0 Å². The van der Waals surface area contributed by atoms with Gasteiger partial charge in [0, 0.05) is 27.9 Å². The number of fused-ring (bicyclic) bond motifs is 1. The Bertz CT molecular complexity index is 973. The van der Waals surface area contributed by atoms with Gasteiger partial charge in [0.1, 0.15) is 11.5 Å². The van der Waals surface area contributed by atoms with Crippen LogP contribution in [0.2, 0.25) is 0 Å². The fraction of sp³-hybridized carbons (Fsp3) is 0.368. The average Bonchev–Trinajstić information content (AvgIpc) is 3.24. The van der Waals surface area contributed by atoms with Crippen LogP contribution in [0.25, 0.3) is 10.9 Å². The minimum atomic E-state index is -0.672. The molecule has 2 aromatic rings. The minimum absolute atomic E-state index is 0.149. The van der Waals surface area contributed by atoms with Gasteiger partial charge in [-0.25, -0.2) is 4.39 Å². The zero-order valence-electron chi connectivity index (χ0n) is 14.9. The van der Waals surface area contributed by atoms with Crippen molar-refractivity contribution >= 4 is 45.1 Å². The van der Waals surface area contributed by atoms with Gasteiger partial charge < -0.3 is 25.4 Å². The van der Waals surface area contributed by atoms with Crippen molar-refractivity contribution < 1.29 is 19.4 Å². The van der Waals surface area contributed by atoms with Crippen LogP contribution in [-0.2, 0) is 0 Å². The number of allylic oxidation sites excluding steroid dienone is 2. The number of aliphatic hydroxyl groups excluding tert-OH is 2. The summed E-state index contributed by atoms with van der Waals surface area (Å²) in [7, 11) is 0. The van der Waals surface area contributed by atoms with Gasteiger partial charge >= 0.3 is 0 Å². The van der Waals surface area contributed by atoms with Crippen LogP contribution >= 0.6 is 22.6 Å². The number of pyridine rings is 1. The average molecular weight is 498 g/mol. The molecule has 1 aliphatic carbocycles.